The van der Waals surface area contributed by atoms with Crippen LogP contribution in [-0.4, -0.2) is 72.7 Å². The maximum absolute atomic E-state index is 9.25. The highest BCUT2D eigenvalue weighted by Crippen LogP contribution is 1.93. The summed E-state index contributed by atoms with van der Waals surface area (Å²) in [6.07, 6.45) is 1.34. The second kappa shape index (κ2) is 9.79. The molecule has 0 saturated carbocycles. The van der Waals surface area contributed by atoms with E-state index in [0.29, 0.717) is 0 Å². The number of aliphatic hydroxyl groups is 2. The molecule has 0 saturated heterocycles. The van der Waals surface area contributed by atoms with Crippen LogP contribution in [0.2, 0.25) is 0 Å². The second-order valence-corrected chi connectivity index (χ2v) is 4.68. The molecule has 0 rings (SSSR count). The predicted molar refractivity (Wildman–Crippen MR) is 70.7 cm³/mol. The summed E-state index contributed by atoms with van der Waals surface area (Å²) in [6, 6.07) is 0. The standard InChI is InChI=1S/C12H29N3O2/c1-11(16)14(3)9-5-7-13-8-6-10-15(4)12(2)17/h11-13,16-17H,5-10H2,1-4H3. The van der Waals surface area contributed by atoms with Crippen LogP contribution in [0.5, 0.6) is 0 Å². The molecule has 0 spiro atoms. The van der Waals surface area contributed by atoms with Gasteiger partial charge in [-0.05, 0) is 53.9 Å². The molecule has 5 heteroatoms. The molecule has 2 atom stereocenters. The average molecular weight is 247 g/mol. The maximum atomic E-state index is 9.25. The molecule has 0 bridgehead atoms. The third-order valence-corrected chi connectivity index (χ3v) is 3.00. The van der Waals surface area contributed by atoms with Crippen molar-refractivity contribution in [2.45, 2.75) is 39.1 Å². The summed E-state index contributed by atoms with van der Waals surface area (Å²) in [5.41, 5.74) is 0. The third kappa shape index (κ3) is 9.50. The fourth-order valence-electron chi connectivity index (χ4n) is 1.41. The van der Waals surface area contributed by atoms with Crippen LogP contribution in [0, 0.1) is 0 Å². The normalized spacial score (nSPS) is 15.5. The van der Waals surface area contributed by atoms with Crippen molar-refractivity contribution >= 4 is 0 Å². The molecule has 5 nitrogen and oxygen atoms in total. The number of hydrogen-bond donors (Lipinski definition) is 3. The Bertz CT molecular complexity index is 159. The highest BCUT2D eigenvalue weighted by atomic mass is 16.3. The van der Waals surface area contributed by atoms with Crippen molar-refractivity contribution in [3.8, 4) is 0 Å². The van der Waals surface area contributed by atoms with Gasteiger partial charge in [-0.2, -0.15) is 0 Å². The molecule has 0 aliphatic carbocycles. The van der Waals surface area contributed by atoms with E-state index in [1.165, 1.54) is 0 Å². The highest BCUT2D eigenvalue weighted by Gasteiger charge is 2.04. The Labute approximate surface area is 105 Å². The zero-order valence-corrected chi connectivity index (χ0v) is 11.7. The first kappa shape index (κ1) is 16.8. The number of aliphatic hydroxyl groups excluding tert-OH is 2. The van der Waals surface area contributed by atoms with E-state index >= 15 is 0 Å². The number of hydrogen-bond acceptors (Lipinski definition) is 5. The molecule has 0 aliphatic rings. The van der Waals surface area contributed by atoms with E-state index in [9.17, 15) is 10.2 Å². The lowest BCUT2D eigenvalue weighted by molar-refractivity contribution is 0.0369. The zero-order valence-electron chi connectivity index (χ0n) is 11.7. The molecular weight excluding hydrogens is 218 g/mol. The molecule has 2 unspecified atom stereocenters. The van der Waals surface area contributed by atoms with E-state index in [1.54, 1.807) is 13.8 Å². The Kier molecular flexibility index (Phi) is 9.68. The lowest BCUT2D eigenvalue weighted by atomic mass is 10.3. The van der Waals surface area contributed by atoms with E-state index in [4.69, 9.17) is 0 Å². The molecular formula is C12H29N3O2. The molecule has 0 fully saturated rings. The van der Waals surface area contributed by atoms with E-state index in [2.05, 4.69) is 5.32 Å². The number of nitrogens with zero attached hydrogens (tertiary/aromatic N) is 2. The van der Waals surface area contributed by atoms with Crippen molar-refractivity contribution < 1.29 is 10.2 Å². The molecule has 0 aromatic carbocycles. The van der Waals surface area contributed by atoms with Crippen molar-refractivity contribution in [1.29, 1.82) is 0 Å². The molecule has 104 valence electrons. The largest absolute Gasteiger partial charge is 0.379 e. The summed E-state index contributed by atoms with van der Waals surface area (Å²) in [6.45, 7) is 7.29. The van der Waals surface area contributed by atoms with Crippen LogP contribution in [0.3, 0.4) is 0 Å². The Morgan fingerprint density at radius 3 is 1.53 bits per heavy atom. The molecule has 0 heterocycles. The Morgan fingerprint density at radius 2 is 1.24 bits per heavy atom. The van der Waals surface area contributed by atoms with Crippen LogP contribution in [-0.2, 0) is 0 Å². The van der Waals surface area contributed by atoms with Gasteiger partial charge < -0.3 is 15.5 Å². The molecule has 0 aromatic heterocycles. The summed E-state index contributed by atoms with van der Waals surface area (Å²) >= 11 is 0. The van der Waals surface area contributed by atoms with Crippen LogP contribution in [0.1, 0.15) is 26.7 Å². The van der Waals surface area contributed by atoms with Gasteiger partial charge in [-0.3, -0.25) is 9.80 Å². The first-order valence-electron chi connectivity index (χ1n) is 6.42. The van der Waals surface area contributed by atoms with Gasteiger partial charge in [-0.1, -0.05) is 0 Å². The quantitative estimate of drug-likeness (QED) is 0.372. The first-order valence-corrected chi connectivity index (χ1v) is 6.42. The Balaban J connectivity index is 3.24. The second-order valence-electron chi connectivity index (χ2n) is 4.68. The van der Waals surface area contributed by atoms with Crippen LogP contribution in [0.25, 0.3) is 0 Å². The Hall–Kier alpha value is -0.200. The SMILES string of the molecule is CC(O)N(C)CCCNCCCN(C)C(C)O. The molecule has 0 aliphatic heterocycles. The Morgan fingerprint density at radius 1 is 0.882 bits per heavy atom. The topological polar surface area (TPSA) is 59.0 Å². The van der Waals surface area contributed by atoms with Gasteiger partial charge in [0.15, 0.2) is 0 Å². The molecule has 0 aromatic rings. The van der Waals surface area contributed by atoms with Gasteiger partial charge in [0.25, 0.3) is 0 Å². The molecule has 3 N–H and O–H groups in total. The highest BCUT2D eigenvalue weighted by molar-refractivity contribution is 4.57. The predicted octanol–water partition coefficient (Wildman–Crippen LogP) is -0.104. The van der Waals surface area contributed by atoms with Crippen LogP contribution >= 0.6 is 0 Å². The van der Waals surface area contributed by atoms with Gasteiger partial charge in [0, 0.05) is 13.1 Å². The van der Waals surface area contributed by atoms with Gasteiger partial charge in [0.1, 0.15) is 12.5 Å². The van der Waals surface area contributed by atoms with Crippen LogP contribution in [0.4, 0.5) is 0 Å². The average Bonchev–Trinajstić information content (AvgIpc) is 2.26. The van der Waals surface area contributed by atoms with E-state index in [-0.39, 0.29) is 12.5 Å². The van der Waals surface area contributed by atoms with E-state index < -0.39 is 0 Å². The van der Waals surface area contributed by atoms with E-state index in [0.717, 1.165) is 39.0 Å². The van der Waals surface area contributed by atoms with Gasteiger partial charge in [0.05, 0.1) is 0 Å². The fourth-order valence-corrected chi connectivity index (χ4v) is 1.41. The van der Waals surface area contributed by atoms with Crippen molar-refractivity contribution in [1.82, 2.24) is 15.1 Å². The third-order valence-electron chi connectivity index (χ3n) is 3.00. The monoisotopic (exact) mass is 247 g/mol. The molecule has 0 amide bonds. The fraction of sp³-hybridized carbons (Fsp3) is 1.00. The smallest absolute Gasteiger partial charge is 0.104 e. The van der Waals surface area contributed by atoms with E-state index in [1.807, 2.05) is 23.9 Å². The van der Waals surface area contributed by atoms with Gasteiger partial charge >= 0.3 is 0 Å². The molecule has 17 heavy (non-hydrogen) atoms. The van der Waals surface area contributed by atoms with Gasteiger partial charge in [0.2, 0.25) is 0 Å². The first-order chi connectivity index (χ1) is 7.95. The minimum absolute atomic E-state index is 0.366. The summed E-state index contributed by atoms with van der Waals surface area (Å²) in [5, 5.41) is 21.9. The van der Waals surface area contributed by atoms with Crippen molar-refractivity contribution in [3.63, 3.8) is 0 Å². The minimum atomic E-state index is -0.366. The summed E-state index contributed by atoms with van der Waals surface area (Å²) in [7, 11) is 3.84. The minimum Gasteiger partial charge on any atom is -0.379 e. The van der Waals surface area contributed by atoms with Crippen molar-refractivity contribution in [2.75, 3.05) is 40.3 Å². The zero-order chi connectivity index (χ0) is 13.3. The lowest BCUT2D eigenvalue weighted by Crippen LogP contribution is -2.33. The van der Waals surface area contributed by atoms with Gasteiger partial charge in [-0.25, -0.2) is 0 Å². The van der Waals surface area contributed by atoms with Crippen LogP contribution in [0.15, 0.2) is 0 Å². The van der Waals surface area contributed by atoms with Gasteiger partial charge in [-0.15, -0.1) is 0 Å². The molecule has 0 radical (unpaired) electrons. The van der Waals surface area contributed by atoms with Crippen molar-refractivity contribution in [3.05, 3.63) is 0 Å². The summed E-state index contributed by atoms with van der Waals surface area (Å²) in [5.74, 6) is 0. The number of rotatable bonds is 10. The summed E-state index contributed by atoms with van der Waals surface area (Å²) < 4.78 is 0. The van der Waals surface area contributed by atoms with Crippen molar-refractivity contribution in [2.24, 2.45) is 0 Å². The maximum Gasteiger partial charge on any atom is 0.104 e. The summed E-state index contributed by atoms with van der Waals surface area (Å²) in [4.78, 5) is 3.84. The lowest BCUT2D eigenvalue weighted by Gasteiger charge is -2.20. The van der Waals surface area contributed by atoms with Crippen LogP contribution < -0.4 is 5.32 Å². The number of nitrogens with one attached hydrogen (secondary N) is 1.